The maximum atomic E-state index is 13.6. The molecule has 1 fully saturated rings. The fourth-order valence-electron chi connectivity index (χ4n) is 4.94. The highest BCUT2D eigenvalue weighted by Crippen LogP contribution is 2.21. The molecule has 12 heteroatoms. The largest absolute Gasteiger partial charge is 0.423 e. The summed E-state index contributed by atoms with van der Waals surface area (Å²) in [5.74, 6) is -1.44. The minimum Gasteiger partial charge on any atom is -0.423 e. The number of fused-ring (bicyclic) bond motifs is 1. The van der Waals surface area contributed by atoms with Gasteiger partial charge in [-0.2, -0.15) is 0 Å². The van der Waals surface area contributed by atoms with E-state index in [9.17, 15) is 19.2 Å². The van der Waals surface area contributed by atoms with Crippen molar-refractivity contribution in [2.24, 2.45) is 5.73 Å². The summed E-state index contributed by atoms with van der Waals surface area (Å²) < 4.78 is 5.30. The van der Waals surface area contributed by atoms with Gasteiger partial charge in [-0.25, -0.2) is 4.79 Å². The zero-order valence-corrected chi connectivity index (χ0v) is 23.5. The van der Waals surface area contributed by atoms with Gasteiger partial charge in [-0.15, -0.1) is 0 Å². The predicted octanol–water partition coefficient (Wildman–Crippen LogP) is 1.27. The summed E-state index contributed by atoms with van der Waals surface area (Å²) >= 11 is 0. The molecule has 0 radical (unpaired) electrons. The Balaban J connectivity index is 1.52. The number of carbonyl (C=O) groups is 3. The second kappa shape index (κ2) is 14.3. The van der Waals surface area contributed by atoms with Gasteiger partial charge in [0.2, 0.25) is 17.7 Å². The molecule has 3 amide bonds. The first-order valence-electron chi connectivity index (χ1n) is 14.0. The number of aryl methyl sites for hydroxylation is 1. The number of hydrogen-bond donors (Lipinski definition) is 7. The van der Waals surface area contributed by atoms with Crippen LogP contribution < -0.4 is 37.9 Å². The highest BCUT2D eigenvalue weighted by molar-refractivity contribution is 5.99. The summed E-state index contributed by atoms with van der Waals surface area (Å²) in [5, 5.41) is 22.4. The molecule has 0 aliphatic carbocycles. The van der Waals surface area contributed by atoms with E-state index < -0.39 is 29.5 Å². The number of carbonyl (C=O) groups excluding carboxylic acids is 3. The van der Waals surface area contributed by atoms with Gasteiger partial charge in [0.1, 0.15) is 17.7 Å². The van der Waals surface area contributed by atoms with Gasteiger partial charge >= 0.3 is 5.63 Å². The predicted molar refractivity (Wildman–Crippen MR) is 160 cm³/mol. The number of benzene rings is 2. The third kappa shape index (κ3) is 8.40. The average molecular weight is 576 g/mol. The topological polar surface area (TPSA) is 191 Å². The minimum atomic E-state index is -0.966. The van der Waals surface area contributed by atoms with Crippen LogP contribution in [0.2, 0.25) is 0 Å². The monoisotopic (exact) mass is 575 g/mol. The van der Waals surface area contributed by atoms with Crippen LogP contribution in [0.3, 0.4) is 0 Å². The molecule has 8 N–H and O–H groups in total. The van der Waals surface area contributed by atoms with Crippen LogP contribution in [0.25, 0.3) is 11.0 Å². The standard InChI is InChI=1S/C30H37N7O5/c1-18-15-26(38)42-25-17-20(11-12-21(18)25)35-28(40)23(10-6-14-34-30(31)32)36-29(41)24(16-19-7-3-2-4-8-19)37-27(39)22-9-5-13-33-22/h2-4,7-8,11-12,15,17,22-24,33H,5-6,9-10,13-14,16H2,1H3,(H,35,40)(H,36,41)(H,37,39)(H4,31,32,34). The van der Waals surface area contributed by atoms with Crippen molar-refractivity contribution in [2.45, 2.75) is 57.2 Å². The zero-order chi connectivity index (χ0) is 30.1. The van der Waals surface area contributed by atoms with Crippen LogP contribution in [0.4, 0.5) is 5.69 Å². The van der Waals surface area contributed by atoms with Crippen molar-refractivity contribution < 1.29 is 18.8 Å². The van der Waals surface area contributed by atoms with Crippen LogP contribution in [-0.2, 0) is 20.8 Å². The molecule has 4 rings (SSSR count). The van der Waals surface area contributed by atoms with Crippen molar-refractivity contribution in [1.29, 1.82) is 5.41 Å². The van der Waals surface area contributed by atoms with Crippen molar-refractivity contribution in [1.82, 2.24) is 21.3 Å². The number of guanidine groups is 1. The number of rotatable bonds is 12. The normalized spacial score (nSPS) is 15.9. The first-order valence-corrected chi connectivity index (χ1v) is 14.0. The first-order chi connectivity index (χ1) is 20.2. The SMILES string of the molecule is Cc1cc(=O)oc2cc(NC(=O)C(CCCNC(=N)N)NC(=O)C(Cc3ccccc3)NC(=O)C3CCCN3)ccc12. The molecule has 1 aliphatic rings. The molecule has 3 aromatic rings. The molecule has 0 saturated carbocycles. The molecule has 0 spiro atoms. The molecule has 3 unspecified atom stereocenters. The van der Waals surface area contributed by atoms with Gasteiger partial charge in [0.15, 0.2) is 5.96 Å². The van der Waals surface area contributed by atoms with Gasteiger partial charge in [0.05, 0.1) is 6.04 Å². The van der Waals surface area contributed by atoms with E-state index in [-0.39, 0.29) is 30.8 Å². The molecule has 0 bridgehead atoms. The fraction of sp³-hybridized carbons (Fsp3) is 0.367. The smallest absolute Gasteiger partial charge is 0.336 e. The van der Waals surface area contributed by atoms with E-state index in [1.807, 2.05) is 30.3 Å². The lowest BCUT2D eigenvalue weighted by Gasteiger charge is -2.24. The molecule has 222 valence electrons. The van der Waals surface area contributed by atoms with Crippen LogP contribution >= 0.6 is 0 Å². The second-order valence-corrected chi connectivity index (χ2v) is 10.4. The highest BCUT2D eigenvalue weighted by atomic mass is 16.4. The van der Waals surface area contributed by atoms with E-state index >= 15 is 0 Å². The Morgan fingerprint density at radius 2 is 1.86 bits per heavy atom. The van der Waals surface area contributed by atoms with E-state index in [1.165, 1.54) is 6.07 Å². The quantitative estimate of drug-likeness (QED) is 0.0726. The third-order valence-corrected chi connectivity index (χ3v) is 7.13. The lowest BCUT2D eigenvalue weighted by atomic mass is 10.0. The van der Waals surface area contributed by atoms with E-state index in [4.69, 9.17) is 15.6 Å². The molecule has 1 aromatic heterocycles. The summed E-state index contributed by atoms with van der Waals surface area (Å²) in [6.07, 6.45) is 2.46. The summed E-state index contributed by atoms with van der Waals surface area (Å²) in [7, 11) is 0. The number of amides is 3. The Bertz CT molecular complexity index is 1480. The fourth-order valence-corrected chi connectivity index (χ4v) is 4.94. The maximum Gasteiger partial charge on any atom is 0.336 e. The molecular weight excluding hydrogens is 538 g/mol. The Hall–Kier alpha value is -4.71. The Kier molecular flexibility index (Phi) is 10.3. The van der Waals surface area contributed by atoms with Crippen LogP contribution in [0, 0.1) is 12.3 Å². The van der Waals surface area contributed by atoms with Crippen LogP contribution in [0.1, 0.15) is 36.8 Å². The van der Waals surface area contributed by atoms with Gasteiger partial charge in [-0.3, -0.25) is 19.8 Å². The molecular formula is C30H37N7O5. The van der Waals surface area contributed by atoms with E-state index in [1.54, 1.807) is 25.1 Å². The summed E-state index contributed by atoms with van der Waals surface area (Å²) in [6, 6.07) is 13.5. The van der Waals surface area contributed by atoms with Crippen LogP contribution in [-0.4, -0.2) is 54.9 Å². The third-order valence-electron chi connectivity index (χ3n) is 7.13. The maximum absolute atomic E-state index is 13.6. The Labute approximate surface area is 243 Å². The van der Waals surface area contributed by atoms with Crippen molar-refractivity contribution in [3.63, 3.8) is 0 Å². The summed E-state index contributed by atoms with van der Waals surface area (Å²) in [4.78, 5) is 51.9. The van der Waals surface area contributed by atoms with Crippen molar-refractivity contribution in [3.05, 3.63) is 76.1 Å². The molecule has 2 heterocycles. The van der Waals surface area contributed by atoms with E-state index in [0.717, 1.165) is 29.5 Å². The zero-order valence-electron chi connectivity index (χ0n) is 23.5. The molecule has 3 atom stereocenters. The Morgan fingerprint density at radius 3 is 2.57 bits per heavy atom. The second-order valence-electron chi connectivity index (χ2n) is 10.4. The van der Waals surface area contributed by atoms with Crippen molar-refractivity contribution in [2.75, 3.05) is 18.4 Å². The molecule has 12 nitrogen and oxygen atoms in total. The Morgan fingerprint density at radius 1 is 1.07 bits per heavy atom. The van der Waals surface area contributed by atoms with E-state index in [2.05, 4.69) is 26.6 Å². The first kappa shape index (κ1) is 30.3. The van der Waals surface area contributed by atoms with Gasteiger partial charge in [-0.1, -0.05) is 30.3 Å². The number of anilines is 1. The van der Waals surface area contributed by atoms with Gasteiger partial charge in [-0.05, 0) is 62.4 Å². The summed E-state index contributed by atoms with van der Waals surface area (Å²) in [6.45, 7) is 2.86. The van der Waals surface area contributed by atoms with Gasteiger partial charge < -0.3 is 36.7 Å². The molecule has 42 heavy (non-hydrogen) atoms. The number of hydrogen-bond acceptors (Lipinski definition) is 7. The lowest BCUT2D eigenvalue weighted by Crippen LogP contribution is -2.55. The van der Waals surface area contributed by atoms with Gasteiger partial charge in [0.25, 0.3) is 0 Å². The van der Waals surface area contributed by atoms with Gasteiger partial charge in [0, 0.05) is 36.2 Å². The summed E-state index contributed by atoms with van der Waals surface area (Å²) in [5.41, 5.74) is 7.21. The minimum absolute atomic E-state index is 0.195. The van der Waals surface area contributed by atoms with Crippen LogP contribution in [0.5, 0.6) is 0 Å². The molecule has 1 saturated heterocycles. The van der Waals surface area contributed by atoms with Crippen molar-refractivity contribution in [3.8, 4) is 0 Å². The lowest BCUT2D eigenvalue weighted by molar-refractivity contribution is -0.131. The van der Waals surface area contributed by atoms with E-state index in [0.29, 0.717) is 30.7 Å². The number of nitrogens with one attached hydrogen (secondary N) is 6. The average Bonchev–Trinajstić information content (AvgIpc) is 3.50. The highest BCUT2D eigenvalue weighted by Gasteiger charge is 2.30. The molecule has 1 aliphatic heterocycles. The van der Waals surface area contributed by atoms with Crippen molar-refractivity contribution >= 4 is 40.3 Å². The van der Waals surface area contributed by atoms with Crippen LogP contribution in [0.15, 0.2) is 63.8 Å². The number of nitrogens with two attached hydrogens (primary N) is 1. The molecule has 2 aromatic carbocycles.